The highest BCUT2D eigenvalue weighted by Gasteiger charge is 2.28. The molecule has 1 atom stereocenters. The van der Waals surface area contributed by atoms with Gasteiger partial charge >= 0.3 is 0 Å². The van der Waals surface area contributed by atoms with E-state index in [1.54, 1.807) is 0 Å². The van der Waals surface area contributed by atoms with Crippen molar-refractivity contribution in [3.8, 4) is 0 Å². The predicted molar refractivity (Wildman–Crippen MR) is 97.4 cm³/mol. The number of hydrogen-bond acceptors (Lipinski definition) is 3. The minimum absolute atomic E-state index is 0.0851. The fourth-order valence-corrected chi connectivity index (χ4v) is 3.60. The molecule has 1 saturated heterocycles. The van der Waals surface area contributed by atoms with E-state index in [0.717, 1.165) is 36.7 Å². The van der Waals surface area contributed by atoms with Crippen LogP contribution in [0.1, 0.15) is 23.0 Å². The zero-order valence-corrected chi connectivity index (χ0v) is 14.4. The van der Waals surface area contributed by atoms with Crippen molar-refractivity contribution in [2.24, 2.45) is 0 Å². The van der Waals surface area contributed by atoms with E-state index in [1.807, 2.05) is 58.8 Å². The number of nitrogens with one attached hydrogen (secondary N) is 1. The minimum Gasteiger partial charge on any atom is -0.333 e. The second kappa shape index (κ2) is 6.69. The van der Waals surface area contributed by atoms with Gasteiger partial charge in [0.05, 0.1) is 23.9 Å². The van der Waals surface area contributed by atoms with Crippen molar-refractivity contribution in [2.75, 3.05) is 19.6 Å². The Morgan fingerprint density at radius 1 is 1.20 bits per heavy atom. The second-order valence-electron chi connectivity index (χ2n) is 6.47. The molecule has 5 nitrogen and oxygen atoms in total. The van der Waals surface area contributed by atoms with E-state index in [-0.39, 0.29) is 11.9 Å². The third kappa shape index (κ3) is 3.03. The van der Waals surface area contributed by atoms with Crippen molar-refractivity contribution < 1.29 is 4.79 Å². The van der Waals surface area contributed by atoms with Crippen LogP contribution < -0.4 is 5.32 Å². The Balaban J connectivity index is 1.61. The summed E-state index contributed by atoms with van der Waals surface area (Å²) in [6.45, 7) is 4.33. The molecule has 0 bridgehead atoms. The number of imidazole rings is 1. The third-order valence-electron chi connectivity index (χ3n) is 4.90. The Hall–Kier alpha value is -2.66. The van der Waals surface area contributed by atoms with Crippen molar-refractivity contribution in [3.63, 3.8) is 0 Å². The van der Waals surface area contributed by atoms with Crippen LogP contribution in [0.3, 0.4) is 0 Å². The largest absolute Gasteiger partial charge is 0.333 e. The molecule has 25 heavy (non-hydrogen) atoms. The minimum atomic E-state index is 0.0851. The molecule has 4 rings (SSSR count). The maximum absolute atomic E-state index is 13.1. The predicted octanol–water partition coefficient (Wildman–Crippen LogP) is 2.36. The summed E-state index contributed by atoms with van der Waals surface area (Å²) in [5, 5.41) is 3.41. The molecule has 1 aromatic carbocycles. The van der Waals surface area contributed by atoms with Gasteiger partial charge in [-0.2, -0.15) is 0 Å². The summed E-state index contributed by atoms with van der Waals surface area (Å²) in [6, 6.07) is 16.3. The molecule has 0 radical (unpaired) electrons. The van der Waals surface area contributed by atoms with Gasteiger partial charge in [-0.25, -0.2) is 4.98 Å². The number of carbonyl (C=O) groups is 1. The number of rotatable bonds is 3. The molecule has 1 fully saturated rings. The van der Waals surface area contributed by atoms with Gasteiger partial charge in [0.15, 0.2) is 0 Å². The first kappa shape index (κ1) is 15.8. The first-order chi connectivity index (χ1) is 12.2. The summed E-state index contributed by atoms with van der Waals surface area (Å²) < 4.78 is 2.02. The fourth-order valence-electron chi connectivity index (χ4n) is 3.60. The van der Waals surface area contributed by atoms with Gasteiger partial charge in [0, 0.05) is 25.8 Å². The number of piperazine rings is 1. The molecule has 1 N–H and O–H groups in total. The molecule has 0 saturated carbocycles. The number of nitrogens with zero attached hydrogens (tertiary/aromatic N) is 3. The number of pyridine rings is 1. The van der Waals surface area contributed by atoms with E-state index in [9.17, 15) is 4.79 Å². The van der Waals surface area contributed by atoms with Crippen LogP contribution in [0.5, 0.6) is 0 Å². The Labute approximate surface area is 147 Å². The lowest BCUT2D eigenvalue weighted by Crippen LogP contribution is -2.49. The lowest BCUT2D eigenvalue weighted by molar-refractivity contribution is -0.133. The van der Waals surface area contributed by atoms with Crippen LogP contribution in [0.15, 0.2) is 54.7 Å². The van der Waals surface area contributed by atoms with Crippen LogP contribution in [-0.4, -0.2) is 39.8 Å². The molecule has 2 aromatic heterocycles. The summed E-state index contributed by atoms with van der Waals surface area (Å²) in [5.41, 5.74) is 3.97. The zero-order chi connectivity index (χ0) is 17.2. The van der Waals surface area contributed by atoms with Gasteiger partial charge in [-0.1, -0.05) is 36.4 Å². The Morgan fingerprint density at radius 2 is 2.00 bits per heavy atom. The van der Waals surface area contributed by atoms with Gasteiger partial charge in [0.2, 0.25) is 5.91 Å². The lowest BCUT2D eigenvalue weighted by Gasteiger charge is -2.36. The van der Waals surface area contributed by atoms with Gasteiger partial charge in [-0.3, -0.25) is 4.79 Å². The second-order valence-corrected chi connectivity index (χ2v) is 6.47. The smallest absolute Gasteiger partial charge is 0.229 e. The van der Waals surface area contributed by atoms with E-state index in [0.29, 0.717) is 6.42 Å². The first-order valence-electron chi connectivity index (χ1n) is 8.72. The average molecular weight is 334 g/mol. The highest BCUT2D eigenvalue weighted by Crippen LogP contribution is 2.23. The third-order valence-corrected chi connectivity index (χ3v) is 4.90. The molecule has 128 valence electrons. The Bertz CT molecular complexity index is 887. The zero-order valence-electron chi connectivity index (χ0n) is 14.4. The van der Waals surface area contributed by atoms with Crippen molar-refractivity contribution >= 4 is 11.6 Å². The maximum Gasteiger partial charge on any atom is 0.229 e. The van der Waals surface area contributed by atoms with Crippen LogP contribution in [0.2, 0.25) is 0 Å². The highest BCUT2D eigenvalue weighted by molar-refractivity contribution is 5.79. The molecule has 5 heteroatoms. The van der Waals surface area contributed by atoms with E-state index in [4.69, 9.17) is 0 Å². The van der Waals surface area contributed by atoms with E-state index < -0.39 is 0 Å². The van der Waals surface area contributed by atoms with Crippen LogP contribution >= 0.6 is 0 Å². The van der Waals surface area contributed by atoms with E-state index in [1.165, 1.54) is 5.56 Å². The number of carbonyl (C=O) groups excluding carboxylic acids is 1. The molecular formula is C20H22N4O. The number of fused-ring (bicyclic) bond motifs is 1. The number of aromatic nitrogens is 2. The van der Waals surface area contributed by atoms with Gasteiger partial charge in [-0.05, 0) is 24.6 Å². The summed E-state index contributed by atoms with van der Waals surface area (Å²) in [5.74, 6) is 0.157. The fraction of sp³-hybridized carbons (Fsp3) is 0.300. The maximum atomic E-state index is 13.1. The first-order valence-corrected chi connectivity index (χ1v) is 8.72. The molecule has 3 heterocycles. The van der Waals surface area contributed by atoms with Gasteiger partial charge in [0.25, 0.3) is 0 Å². The quantitative estimate of drug-likeness (QED) is 0.800. The number of hydrogen-bond donors (Lipinski definition) is 1. The SMILES string of the molecule is Cc1nc2ccccn2c1CC(=O)N1CCNC[C@@H]1c1ccccc1. The van der Waals surface area contributed by atoms with Gasteiger partial charge in [-0.15, -0.1) is 0 Å². The number of benzene rings is 1. The Morgan fingerprint density at radius 3 is 2.84 bits per heavy atom. The molecular weight excluding hydrogens is 312 g/mol. The molecule has 1 aliphatic rings. The van der Waals surface area contributed by atoms with Crippen LogP contribution in [0, 0.1) is 6.92 Å². The van der Waals surface area contributed by atoms with Gasteiger partial charge < -0.3 is 14.6 Å². The van der Waals surface area contributed by atoms with E-state index >= 15 is 0 Å². The molecule has 0 aliphatic carbocycles. The van der Waals surface area contributed by atoms with Crippen molar-refractivity contribution in [3.05, 3.63) is 71.7 Å². The van der Waals surface area contributed by atoms with Gasteiger partial charge in [0.1, 0.15) is 5.65 Å². The van der Waals surface area contributed by atoms with Crippen molar-refractivity contribution in [1.29, 1.82) is 0 Å². The monoisotopic (exact) mass is 334 g/mol. The van der Waals surface area contributed by atoms with Crippen LogP contribution in [-0.2, 0) is 11.2 Å². The molecule has 3 aromatic rings. The normalized spacial score (nSPS) is 17.8. The standard InChI is InChI=1S/C20H22N4O/c1-15-17(23-11-6-5-9-19(23)22-15)13-20(25)24-12-10-21-14-18(24)16-7-3-2-4-8-16/h2-9,11,18,21H,10,12-14H2,1H3/t18-/m1/s1. The lowest BCUT2D eigenvalue weighted by atomic mass is 10.0. The molecule has 1 amide bonds. The summed E-state index contributed by atoms with van der Waals surface area (Å²) >= 11 is 0. The highest BCUT2D eigenvalue weighted by atomic mass is 16.2. The number of amides is 1. The van der Waals surface area contributed by atoms with E-state index in [2.05, 4.69) is 22.4 Å². The topological polar surface area (TPSA) is 49.6 Å². The molecule has 0 spiro atoms. The summed E-state index contributed by atoms with van der Waals surface area (Å²) in [4.78, 5) is 19.7. The molecule has 1 aliphatic heterocycles. The summed E-state index contributed by atoms with van der Waals surface area (Å²) in [6.07, 6.45) is 2.35. The van der Waals surface area contributed by atoms with Crippen LogP contribution in [0.4, 0.5) is 0 Å². The Kier molecular flexibility index (Phi) is 4.24. The number of aryl methyl sites for hydroxylation is 1. The van der Waals surface area contributed by atoms with Crippen molar-refractivity contribution in [2.45, 2.75) is 19.4 Å². The van der Waals surface area contributed by atoms with Crippen LogP contribution in [0.25, 0.3) is 5.65 Å². The average Bonchev–Trinajstić information content (AvgIpc) is 2.98. The summed E-state index contributed by atoms with van der Waals surface area (Å²) in [7, 11) is 0. The van der Waals surface area contributed by atoms with Crippen molar-refractivity contribution in [1.82, 2.24) is 19.6 Å². The molecule has 0 unspecified atom stereocenters.